The average Bonchev–Trinajstić information content (AvgIpc) is 2.89. The lowest BCUT2D eigenvalue weighted by atomic mass is 10.1. The van der Waals surface area contributed by atoms with Crippen LogP contribution in [0.3, 0.4) is 0 Å². The van der Waals surface area contributed by atoms with Crippen LogP contribution in [0.25, 0.3) is 0 Å². The van der Waals surface area contributed by atoms with Gasteiger partial charge in [-0.15, -0.1) is 0 Å². The molecule has 1 rings (SSSR count). The van der Waals surface area contributed by atoms with Gasteiger partial charge in [-0.05, 0) is 6.42 Å². The number of likely N-dealkylation sites (N-methyl/N-ethyl adjacent to an activating group) is 1. The average molecular weight is 297 g/mol. The highest BCUT2D eigenvalue weighted by molar-refractivity contribution is 5.69. The molecule has 0 aliphatic carbocycles. The molecular weight excluding hydrogens is 264 g/mol. The third kappa shape index (κ3) is 9.48. The Kier molecular flexibility index (Phi) is 9.92. The van der Waals surface area contributed by atoms with Crippen molar-refractivity contribution in [1.82, 2.24) is 4.90 Å². The summed E-state index contributed by atoms with van der Waals surface area (Å²) in [6.07, 6.45) is 14.1. The molecule has 21 heavy (non-hydrogen) atoms. The molecule has 0 atom stereocenters. The van der Waals surface area contributed by atoms with Crippen molar-refractivity contribution in [1.29, 1.82) is 0 Å². The van der Waals surface area contributed by atoms with Gasteiger partial charge in [0.2, 0.25) is 13.1 Å². The topological polar surface area (TPSA) is 32.5 Å². The second-order valence-corrected chi connectivity index (χ2v) is 6.13. The molecule has 0 aromatic heterocycles. The first kappa shape index (κ1) is 18.0. The number of esters is 1. The fraction of sp³-hybridized carbons (Fsp3) is 0.882. The molecule has 1 heterocycles. The van der Waals surface area contributed by atoms with Crippen molar-refractivity contribution in [3.63, 3.8) is 0 Å². The fourth-order valence-corrected chi connectivity index (χ4v) is 2.59. The highest BCUT2D eigenvalue weighted by Crippen LogP contribution is 2.10. The van der Waals surface area contributed by atoms with Gasteiger partial charge in [0.1, 0.15) is 13.1 Å². The molecule has 0 saturated carbocycles. The number of nitrogens with zero attached hydrogens (tertiary/aromatic N) is 2. The van der Waals surface area contributed by atoms with Crippen LogP contribution in [-0.2, 0) is 9.53 Å². The zero-order valence-corrected chi connectivity index (χ0v) is 14.0. The SMILES string of the molecule is CCCCCCCCCCCC(=O)OCN1C=[N+](C)CC1. The maximum atomic E-state index is 11.6. The van der Waals surface area contributed by atoms with Crippen molar-refractivity contribution in [3.8, 4) is 0 Å². The van der Waals surface area contributed by atoms with E-state index in [1.54, 1.807) is 0 Å². The first-order valence-corrected chi connectivity index (χ1v) is 8.67. The summed E-state index contributed by atoms with van der Waals surface area (Å²) in [4.78, 5) is 13.6. The summed E-state index contributed by atoms with van der Waals surface area (Å²) in [5.74, 6) is -0.0547. The fourth-order valence-electron chi connectivity index (χ4n) is 2.59. The Morgan fingerprint density at radius 2 is 1.71 bits per heavy atom. The number of rotatable bonds is 12. The molecular formula is C17H33N2O2+. The van der Waals surface area contributed by atoms with Gasteiger partial charge in [0.05, 0.1) is 7.05 Å². The van der Waals surface area contributed by atoms with Crippen molar-refractivity contribution in [3.05, 3.63) is 0 Å². The van der Waals surface area contributed by atoms with Crippen LogP contribution in [0.2, 0.25) is 0 Å². The standard InChI is InChI=1S/C17H33N2O2/c1-3-4-5-6-7-8-9-10-11-12-17(20)21-16-19-14-13-18(2)15-19/h15H,3-14,16H2,1-2H3/q+1. The second kappa shape index (κ2) is 11.6. The predicted octanol–water partition coefficient (Wildman–Crippen LogP) is 3.39. The van der Waals surface area contributed by atoms with E-state index in [1.165, 1.54) is 44.9 Å². The molecule has 1 aliphatic rings. The van der Waals surface area contributed by atoms with Gasteiger partial charge in [-0.1, -0.05) is 58.3 Å². The van der Waals surface area contributed by atoms with Crippen molar-refractivity contribution >= 4 is 12.3 Å². The van der Waals surface area contributed by atoms with Crippen LogP contribution >= 0.6 is 0 Å². The van der Waals surface area contributed by atoms with Crippen LogP contribution in [-0.4, -0.2) is 48.7 Å². The van der Waals surface area contributed by atoms with E-state index in [4.69, 9.17) is 4.74 Å². The lowest BCUT2D eigenvalue weighted by Crippen LogP contribution is -2.25. The summed E-state index contributed by atoms with van der Waals surface area (Å²) in [5, 5.41) is 0. The van der Waals surface area contributed by atoms with Gasteiger partial charge in [0, 0.05) is 6.42 Å². The Bertz CT molecular complexity index is 316. The van der Waals surface area contributed by atoms with Crippen molar-refractivity contribution < 1.29 is 14.1 Å². The number of carbonyl (C=O) groups excluding carboxylic acids is 1. The molecule has 0 spiro atoms. The van der Waals surface area contributed by atoms with Gasteiger partial charge in [-0.2, -0.15) is 0 Å². The zero-order valence-electron chi connectivity index (χ0n) is 14.0. The molecule has 0 saturated heterocycles. The third-order valence-electron chi connectivity index (χ3n) is 3.98. The van der Waals surface area contributed by atoms with Gasteiger partial charge in [-0.25, -0.2) is 4.90 Å². The smallest absolute Gasteiger partial charge is 0.308 e. The largest absolute Gasteiger partial charge is 0.425 e. The quantitative estimate of drug-likeness (QED) is 0.314. The summed E-state index contributed by atoms with van der Waals surface area (Å²) < 4.78 is 7.38. The van der Waals surface area contributed by atoms with Crippen molar-refractivity contribution in [2.75, 3.05) is 26.9 Å². The minimum atomic E-state index is -0.0547. The van der Waals surface area contributed by atoms with Crippen LogP contribution < -0.4 is 0 Å². The maximum absolute atomic E-state index is 11.6. The Labute approximate surface area is 130 Å². The van der Waals surface area contributed by atoms with Gasteiger partial charge in [0.15, 0.2) is 0 Å². The number of carbonyl (C=O) groups is 1. The number of unbranched alkanes of at least 4 members (excludes halogenated alkanes) is 8. The molecule has 4 heteroatoms. The Morgan fingerprint density at radius 1 is 1.10 bits per heavy atom. The lowest BCUT2D eigenvalue weighted by Gasteiger charge is -2.07. The van der Waals surface area contributed by atoms with Crippen molar-refractivity contribution in [2.24, 2.45) is 0 Å². The highest BCUT2D eigenvalue weighted by Gasteiger charge is 2.17. The minimum Gasteiger partial charge on any atom is -0.425 e. The Morgan fingerprint density at radius 3 is 2.29 bits per heavy atom. The van der Waals surface area contributed by atoms with E-state index in [2.05, 4.69) is 11.5 Å². The summed E-state index contributed by atoms with van der Waals surface area (Å²) >= 11 is 0. The first-order chi connectivity index (χ1) is 10.2. The summed E-state index contributed by atoms with van der Waals surface area (Å²) in [5.41, 5.74) is 0. The summed E-state index contributed by atoms with van der Waals surface area (Å²) in [6.45, 7) is 4.61. The van der Waals surface area contributed by atoms with Gasteiger partial charge in [-0.3, -0.25) is 9.37 Å². The molecule has 0 bridgehead atoms. The molecule has 4 nitrogen and oxygen atoms in total. The van der Waals surface area contributed by atoms with E-state index in [0.29, 0.717) is 13.2 Å². The van der Waals surface area contributed by atoms with E-state index in [1.807, 2.05) is 18.3 Å². The van der Waals surface area contributed by atoms with E-state index >= 15 is 0 Å². The molecule has 0 N–H and O–H groups in total. The molecule has 0 aromatic rings. The molecule has 0 radical (unpaired) electrons. The summed E-state index contributed by atoms with van der Waals surface area (Å²) in [7, 11) is 2.03. The van der Waals surface area contributed by atoms with E-state index in [9.17, 15) is 4.79 Å². The molecule has 1 aliphatic heterocycles. The van der Waals surface area contributed by atoms with E-state index in [0.717, 1.165) is 25.9 Å². The van der Waals surface area contributed by atoms with Crippen LogP contribution in [0.1, 0.15) is 71.1 Å². The number of hydrogen-bond donors (Lipinski definition) is 0. The number of hydrogen-bond acceptors (Lipinski definition) is 3. The van der Waals surface area contributed by atoms with Gasteiger partial charge in [0.25, 0.3) is 0 Å². The normalized spacial score (nSPS) is 14.4. The first-order valence-electron chi connectivity index (χ1n) is 8.67. The number of ether oxygens (including phenoxy) is 1. The highest BCUT2D eigenvalue weighted by atomic mass is 16.5. The molecule has 0 amide bonds. The van der Waals surface area contributed by atoms with Crippen LogP contribution in [0, 0.1) is 0 Å². The Balaban J connectivity index is 1.85. The van der Waals surface area contributed by atoms with Crippen LogP contribution in [0.4, 0.5) is 0 Å². The summed E-state index contributed by atoms with van der Waals surface area (Å²) in [6, 6.07) is 0. The minimum absolute atomic E-state index is 0.0547. The second-order valence-electron chi connectivity index (χ2n) is 6.13. The monoisotopic (exact) mass is 297 g/mol. The molecule has 0 aromatic carbocycles. The van der Waals surface area contributed by atoms with Gasteiger partial charge < -0.3 is 4.74 Å². The zero-order chi connectivity index (χ0) is 15.3. The third-order valence-corrected chi connectivity index (χ3v) is 3.98. The lowest BCUT2D eigenvalue weighted by molar-refractivity contribution is -0.482. The predicted molar refractivity (Wildman–Crippen MR) is 86.6 cm³/mol. The molecule has 122 valence electrons. The maximum Gasteiger partial charge on any atom is 0.308 e. The van der Waals surface area contributed by atoms with Crippen LogP contribution in [0.15, 0.2) is 0 Å². The van der Waals surface area contributed by atoms with E-state index in [-0.39, 0.29) is 5.97 Å². The van der Waals surface area contributed by atoms with Crippen molar-refractivity contribution in [2.45, 2.75) is 71.1 Å². The van der Waals surface area contributed by atoms with Gasteiger partial charge >= 0.3 is 5.97 Å². The molecule has 0 unspecified atom stereocenters. The van der Waals surface area contributed by atoms with E-state index < -0.39 is 0 Å². The molecule has 0 fully saturated rings. The van der Waals surface area contributed by atoms with Crippen LogP contribution in [0.5, 0.6) is 0 Å². The Hall–Kier alpha value is -1.06.